The van der Waals surface area contributed by atoms with E-state index in [2.05, 4.69) is 15.9 Å². The summed E-state index contributed by atoms with van der Waals surface area (Å²) in [6, 6.07) is 17.0. The molecule has 2 rings (SSSR count). The van der Waals surface area contributed by atoms with E-state index in [9.17, 15) is 9.90 Å². The Labute approximate surface area is 138 Å². The van der Waals surface area contributed by atoms with Crippen LogP contribution in [0.1, 0.15) is 23.7 Å². The monoisotopic (exact) mass is 363 g/mol. The lowest BCUT2D eigenvalue weighted by Crippen LogP contribution is -2.29. The molecule has 4 nitrogen and oxygen atoms in total. The summed E-state index contributed by atoms with van der Waals surface area (Å²) in [5.41, 5.74) is 6.92. The molecule has 1 unspecified atom stereocenters. The summed E-state index contributed by atoms with van der Waals surface area (Å²) in [4.78, 5) is 11.1. The number of hydrogen-bond acceptors (Lipinski definition) is 3. The third kappa shape index (κ3) is 4.86. The van der Waals surface area contributed by atoms with Gasteiger partial charge in [-0.15, -0.1) is 0 Å². The van der Waals surface area contributed by atoms with Crippen LogP contribution in [0.15, 0.2) is 59.1 Å². The molecular weight excluding hydrogens is 346 g/mol. The predicted octanol–water partition coefficient (Wildman–Crippen LogP) is 3.58. The van der Waals surface area contributed by atoms with Crippen LogP contribution < -0.4 is 5.73 Å². The molecule has 1 amide bonds. The molecule has 0 aliphatic carbocycles. The Balaban J connectivity index is 2.05. The number of carbonyl (C=O) groups excluding carboxylic acids is 1. The number of halogens is 1. The lowest BCUT2D eigenvalue weighted by atomic mass is 9.98. The van der Waals surface area contributed by atoms with Gasteiger partial charge < -0.3 is 15.6 Å². The van der Waals surface area contributed by atoms with Crippen molar-refractivity contribution >= 4 is 22.0 Å². The maximum absolute atomic E-state index is 11.1. The third-order valence-electron chi connectivity index (χ3n) is 3.39. The molecule has 0 aliphatic rings. The fourth-order valence-electron chi connectivity index (χ4n) is 2.26. The highest BCUT2D eigenvalue weighted by molar-refractivity contribution is 9.10. The zero-order valence-electron chi connectivity index (χ0n) is 12.0. The number of nitrogens with two attached hydrogens (primary N) is 1. The quantitative estimate of drug-likeness (QED) is 0.823. The Morgan fingerprint density at radius 1 is 1.14 bits per heavy atom. The molecule has 3 N–H and O–H groups in total. The number of amides is 1. The number of primary amides is 1. The first-order valence-corrected chi connectivity index (χ1v) is 7.79. The van der Waals surface area contributed by atoms with Crippen molar-refractivity contribution in [3.8, 4) is 0 Å². The third-order valence-corrected chi connectivity index (χ3v) is 3.92. The highest BCUT2D eigenvalue weighted by Crippen LogP contribution is 2.23. The number of rotatable bonds is 6. The number of aliphatic hydroxyl groups is 1. The normalized spacial score (nSPS) is 13.4. The van der Waals surface area contributed by atoms with Gasteiger partial charge in [0.15, 0.2) is 0 Å². The second-order valence-electron chi connectivity index (χ2n) is 5.00. The first kappa shape index (κ1) is 16.5. The van der Waals surface area contributed by atoms with Crippen LogP contribution in [0, 0.1) is 0 Å². The number of carbonyl (C=O) groups is 1. The van der Waals surface area contributed by atoms with Crippen LogP contribution in [0.2, 0.25) is 0 Å². The van der Waals surface area contributed by atoms with E-state index in [1.807, 2.05) is 42.5 Å². The molecule has 2 aromatic carbocycles. The summed E-state index contributed by atoms with van der Waals surface area (Å²) in [6.45, 7) is 0. The molecule has 2 aromatic rings. The second kappa shape index (κ2) is 7.96. The SMILES string of the molecule is NC(=O)OC(CCc1ccc(Br)cc1)[C@H](O)c1ccccc1. The summed E-state index contributed by atoms with van der Waals surface area (Å²) < 4.78 is 6.10. The molecule has 0 aromatic heterocycles. The van der Waals surface area contributed by atoms with Gasteiger partial charge >= 0.3 is 6.09 Å². The van der Waals surface area contributed by atoms with Crippen LogP contribution in [0.4, 0.5) is 4.79 Å². The van der Waals surface area contributed by atoms with Crippen molar-refractivity contribution in [1.82, 2.24) is 0 Å². The highest BCUT2D eigenvalue weighted by Gasteiger charge is 2.23. The average Bonchev–Trinajstić information content (AvgIpc) is 2.53. The molecule has 0 bridgehead atoms. The first-order chi connectivity index (χ1) is 10.6. The van der Waals surface area contributed by atoms with Crippen molar-refractivity contribution in [2.24, 2.45) is 5.73 Å². The zero-order valence-corrected chi connectivity index (χ0v) is 13.6. The minimum Gasteiger partial charge on any atom is -0.443 e. The number of hydrogen-bond donors (Lipinski definition) is 2. The van der Waals surface area contributed by atoms with Gasteiger partial charge in [0.1, 0.15) is 12.2 Å². The molecule has 0 spiro atoms. The van der Waals surface area contributed by atoms with E-state index in [1.165, 1.54) is 0 Å². The Hall–Kier alpha value is -1.85. The molecule has 0 saturated heterocycles. The summed E-state index contributed by atoms with van der Waals surface area (Å²) in [5.74, 6) is 0. The minimum absolute atomic E-state index is 0.487. The number of aliphatic hydroxyl groups excluding tert-OH is 1. The van der Waals surface area contributed by atoms with E-state index in [1.54, 1.807) is 12.1 Å². The lowest BCUT2D eigenvalue weighted by Gasteiger charge is -2.22. The largest absolute Gasteiger partial charge is 0.443 e. The molecule has 0 radical (unpaired) electrons. The fourth-order valence-corrected chi connectivity index (χ4v) is 2.52. The molecule has 5 heteroatoms. The van der Waals surface area contributed by atoms with Gasteiger partial charge in [0.05, 0.1) is 0 Å². The van der Waals surface area contributed by atoms with Crippen molar-refractivity contribution in [3.63, 3.8) is 0 Å². The Bertz CT molecular complexity index is 601. The van der Waals surface area contributed by atoms with E-state index in [0.717, 1.165) is 10.0 Å². The Morgan fingerprint density at radius 2 is 1.77 bits per heavy atom. The maximum atomic E-state index is 11.1. The Kier molecular flexibility index (Phi) is 5.98. The van der Waals surface area contributed by atoms with Crippen LogP contribution in [0.3, 0.4) is 0 Å². The van der Waals surface area contributed by atoms with E-state index < -0.39 is 18.3 Å². The predicted molar refractivity (Wildman–Crippen MR) is 88.3 cm³/mol. The summed E-state index contributed by atoms with van der Waals surface area (Å²) in [6.07, 6.45) is -1.29. The van der Waals surface area contributed by atoms with Crippen LogP contribution in [0.5, 0.6) is 0 Å². The van der Waals surface area contributed by atoms with Gasteiger partial charge in [-0.2, -0.15) is 0 Å². The maximum Gasteiger partial charge on any atom is 0.404 e. The van der Waals surface area contributed by atoms with Gasteiger partial charge in [-0.3, -0.25) is 0 Å². The minimum atomic E-state index is -0.899. The van der Waals surface area contributed by atoms with Gasteiger partial charge in [-0.05, 0) is 36.1 Å². The number of aryl methyl sites for hydroxylation is 1. The summed E-state index contributed by atoms with van der Waals surface area (Å²) >= 11 is 3.39. The second-order valence-corrected chi connectivity index (χ2v) is 5.91. The van der Waals surface area contributed by atoms with Crippen LogP contribution in [-0.2, 0) is 11.2 Å². The molecule has 0 aliphatic heterocycles. The smallest absolute Gasteiger partial charge is 0.404 e. The molecule has 0 heterocycles. The topological polar surface area (TPSA) is 72.6 Å². The summed E-state index contributed by atoms with van der Waals surface area (Å²) in [5, 5.41) is 10.4. The van der Waals surface area contributed by atoms with Crippen molar-refractivity contribution in [2.75, 3.05) is 0 Å². The first-order valence-electron chi connectivity index (χ1n) is 7.00. The average molecular weight is 364 g/mol. The standard InChI is InChI=1S/C17H18BrNO3/c18-14-9-6-12(7-10-14)8-11-15(22-17(19)21)16(20)13-4-2-1-3-5-13/h1-7,9-10,15-16,20H,8,11H2,(H2,19,21)/t15?,16-/m1/s1. The van der Waals surface area contributed by atoms with Crippen molar-refractivity contribution in [3.05, 3.63) is 70.2 Å². The van der Waals surface area contributed by atoms with Crippen molar-refractivity contribution in [1.29, 1.82) is 0 Å². The van der Waals surface area contributed by atoms with Gasteiger partial charge in [-0.25, -0.2) is 4.79 Å². The molecule has 2 atom stereocenters. The summed E-state index contributed by atoms with van der Waals surface area (Å²) in [7, 11) is 0. The molecule has 116 valence electrons. The van der Waals surface area contributed by atoms with Gasteiger partial charge in [-0.1, -0.05) is 58.4 Å². The highest BCUT2D eigenvalue weighted by atomic mass is 79.9. The Morgan fingerprint density at radius 3 is 2.36 bits per heavy atom. The lowest BCUT2D eigenvalue weighted by molar-refractivity contribution is 0.000954. The van der Waals surface area contributed by atoms with Crippen LogP contribution in [0.25, 0.3) is 0 Å². The van der Waals surface area contributed by atoms with Gasteiger partial charge in [0, 0.05) is 4.47 Å². The zero-order chi connectivity index (χ0) is 15.9. The van der Waals surface area contributed by atoms with Crippen molar-refractivity contribution in [2.45, 2.75) is 25.0 Å². The van der Waals surface area contributed by atoms with E-state index in [0.29, 0.717) is 18.4 Å². The van der Waals surface area contributed by atoms with E-state index >= 15 is 0 Å². The van der Waals surface area contributed by atoms with Crippen molar-refractivity contribution < 1.29 is 14.6 Å². The van der Waals surface area contributed by atoms with Gasteiger partial charge in [0.2, 0.25) is 0 Å². The van der Waals surface area contributed by atoms with E-state index in [-0.39, 0.29) is 0 Å². The number of benzene rings is 2. The fraction of sp³-hybridized carbons (Fsp3) is 0.235. The molecule has 22 heavy (non-hydrogen) atoms. The van der Waals surface area contributed by atoms with Gasteiger partial charge in [0.25, 0.3) is 0 Å². The molecule has 0 fully saturated rings. The number of ether oxygens (including phenoxy) is 1. The van der Waals surface area contributed by atoms with Crippen LogP contribution >= 0.6 is 15.9 Å². The van der Waals surface area contributed by atoms with E-state index in [4.69, 9.17) is 10.5 Å². The molecule has 0 saturated carbocycles. The van der Waals surface area contributed by atoms with Crippen LogP contribution in [-0.4, -0.2) is 17.3 Å². The molecular formula is C17H18BrNO3.